The molecule has 0 radical (unpaired) electrons. The fourth-order valence-electron chi connectivity index (χ4n) is 3.74. The molecule has 1 atom stereocenters. The Hall–Kier alpha value is -2.36. The first kappa shape index (κ1) is 20.4. The highest BCUT2D eigenvalue weighted by Crippen LogP contribution is 2.41. The van der Waals surface area contributed by atoms with Gasteiger partial charge in [-0.3, -0.25) is 9.78 Å². The molecule has 3 heterocycles. The third kappa shape index (κ3) is 4.37. The lowest BCUT2D eigenvalue weighted by atomic mass is 9.78. The average Bonchev–Trinajstić information content (AvgIpc) is 3.09. The zero-order chi connectivity index (χ0) is 20.4. The van der Waals surface area contributed by atoms with E-state index in [-0.39, 0.29) is 24.4 Å². The van der Waals surface area contributed by atoms with Gasteiger partial charge in [0.15, 0.2) is 0 Å². The predicted octanol–water partition coefficient (Wildman–Crippen LogP) is 2.07. The largest absolute Gasteiger partial charge is 0.434 e. The first-order chi connectivity index (χ1) is 13.2. The van der Waals surface area contributed by atoms with Crippen molar-refractivity contribution < 1.29 is 32.6 Å². The van der Waals surface area contributed by atoms with E-state index >= 15 is 0 Å². The molecule has 2 aliphatic rings. The van der Waals surface area contributed by atoms with Crippen molar-refractivity contribution in [1.82, 2.24) is 14.8 Å². The first-order valence-corrected chi connectivity index (χ1v) is 9.07. The summed E-state index contributed by atoms with van der Waals surface area (Å²) in [6.07, 6.45) is -4.92. The number of rotatable bonds is 3. The van der Waals surface area contributed by atoms with Gasteiger partial charge in [0.05, 0.1) is 6.61 Å². The van der Waals surface area contributed by atoms with E-state index in [1.807, 2.05) is 0 Å². The molecule has 154 valence electrons. The van der Waals surface area contributed by atoms with Gasteiger partial charge in [0.25, 0.3) is 5.91 Å². The van der Waals surface area contributed by atoms with Crippen LogP contribution in [-0.4, -0.2) is 77.0 Å². The van der Waals surface area contributed by atoms with Gasteiger partial charge in [0.1, 0.15) is 5.69 Å². The van der Waals surface area contributed by atoms with Crippen molar-refractivity contribution >= 4 is 12.0 Å². The van der Waals surface area contributed by atoms with Gasteiger partial charge in [-0.15, -0.1) is 0 Å². The third-order valence-corrected chi connectivity index (χ3v) is 5.47. The van der Waals surface area contributed by atoms with E-state index < -0.39 is 25.0 Å². The SMILES string of the molecule is O=C(O[C@H](CO)C(F)(F)F)N1CCC2(CC1)CCN(C(=O)c1ccccn1)C2. The van der Waals surface area contributed by atoms with E-state index in [2.05, 4.69) is 9.72 Å². The maximum Gasteiger partial charge on any atom is 0.427 e. The number of aromatic nitrogens is 1. The quantitative estimate of drug-likeness (QED) is 0.839. The number of carbonyl (C=O) groups is 2. The molecule has 1 N–H and O–H groups in total. The number of ether oxygens (including phenoxy) is 1. The number of piperidine rings is 1. The van der Waals surface area contributed by atoms with E-state index in [4.69, 9.17) is 5.11 Å². The summed E-state index contributed by atoms with van der Waals surface area (Å²) in [5.41, 5.74) is 0.226. The predicted molar refractivity (Wildman–Crippen MR) is 91.4 cm³/mol. The highest BCUT2D eigenvalue weighted by Gasteiger charge is 2.46. The van der Waals surface area contributed by atoms with Crippen molar-refractivity contribution in [3.05, 3.63) is 30.1 Å². The number of hydrogen-bond donors (Lipinski definition) is 1. The monoisotopic (exact) mass is 401 g/mol. The lowest BCUT2D eigenvalue weighted by Gasteiger charge is -2.39. The van der Waals surface area contributed by atoms with Crippen LogP contribution in [0.25, 0.3) is 0 Å². The summed E-state index contributed by atoms with van der Waals surface area (Å²) in [4.78, 5) is 31.6. The number of carbonyl (C=O) groups excluding carboxylic acids is 2. The molecule has 1 spiro atoms. The molecule has 2 fully saturated rings. The van der Waals surface area contributed by atoms with Gasteiger partial charge >= 0.3 is 12.3 Å². The maximum atomic E-state index is 12.6. The van der Waals surface area contributed by atoms with Crippen molar-refractivity contribution in [2.75, 3.05) is 32.8 Å². The highest BCUT2D eigenvalue weighted by molar-refractivity contribution is 5.92. The molecular weight excluding hydrogens is 379 g/mol. The molecule has 28 heavy (non-hydrogen) atoms. The Labute approximate surface area is 160 Å². The Morgan fingerprint density at radius 2 is 1.82 bits per heavy atom. The smallest absolute Gasteiger partial charge is 0.427 e. The average molecular weight is 401 g/mol. The number of aliphatic hydroxyl groups is 1. The number of halogens is 3. The van der Waals surface area contributed by atoms with Crippen LogP contribution in [0.2, 0.25) is 0 Å². The molecule has 0 bridgehead atoms. The molecule has 1 aromatic rings. The standard InChI is InChI=1S/C18H22F3N3O4/c19-18(20,21)14(11-25)28-16(27)23-8-4-17(5-9-23)6-10-24(12-17)15(26)13-3-1-2-7-22-13/h1-3,7,14,25H,4-6,8-12H2/t14-/m1/s1. The van der Waals surface area contributed by atoms with Crippen molar-refractivity contribution in [2.24, 2.45) is 5.41 Å². The molecule has 0 saturated carbocycles. The lowest BCUT2D eigenvalue weighted by molar-refractivity contribution is -0.215. The van der Waals surface area contributed by atoms with Crippen LogP contribution >= 0.6 is 0 Å². The zero-order valence-electron chi connectivity index (χ0n) is 15.2. The lowest BCUT2D eigenvalue weighted by Crippen LogP contribution is -2.47. The van der Waals surface area contributed by atoms with Crippen LogP contribution in [0, 0.1) is 5.41 Å². The molecule has 0 aromatic carbocycles. The molecular formula is C18H22F3N3O4. The summed E-state index contributed by atoms with van der Waals surface area (Å²) in [5.74, 6) is -0.143. The molecule has 2 saturated heterocycles. The maximum absolute atomic E-state index is 12.6. The summed E-state index contributed by atoms with van der Waals surface area (Å²) < 4.78 is 42.4. The van der Waals surface area contributed by atoms with Gasteiger partial charge < -0.3 is 19.6 Å². The summed E-state index contributed by atoms with van der Waals surface area (Å²) >= 11 is 0. The normalized spacial score (nSPS) is 20.3. The fraction of sp³-hybridized carbons (Fsp3) is 0.611. The van der Waals surface area contributed by atoms with Gasteiger partial charge in [-0.2, -0.15) is 13.2 Å². The first-order valence-electron chi connectivity index (χ1n) is 9.07. The fourth-order valence-corrected chi connectivity index (χ4v) is 3.74. The minimum atomic E-state index is -4.81. The summed E-state index contributed by atoms with van der Waals surface area (Å²) in [7, 11) is 0. The minimum Gasteiger partial charge on any atom is -0.434 e. The topological polar surface area (TPSA) is 83.0 Å². The molecule has 0 unspecified atom stereocenters. The Balaban J connectivity index is 1.54. The van der Waals surface area contributed by atoms with Crippen molar-refractivity contribution in [3.8, 4) is 0 Å². The van der Waals surface area contributed by atoms with Crippen LogP contribution in [0.4, 0.5) is 18.0 Å². The van der Waals surface area contributed by atoms with Crippen molar-refractivity contribution in [2.45, 2.75) is 31.5 Å². The second-order valence-electron chi connectivity index (χ2n) is 7.28. The molecule has 3 rings (SSSR count). The van der Waals surface area contributed by atoms with Crippen LogP contribution in [0.1, 0.15) is 29.8 Å². The molecule has 2 amide bonds. The summed E-state index contributed by atoms with van der Waals surface area (Å²) in [5, 5.41) is 8.79. The summed E-state index contributed by atoms with van der Waals surface area (Å²) in [6.45, 7) is 0.312. The highest BCUT2D eigenvalue weighted by atomic mass is 19.4. The van der Waals surface area contributed by atoms with E-state index in [1.54, 1.807) is 29.3 Å². The zero-order valence-corrected chi connectivity index (χ0v) is 15.2. The van der Waals surface area contributed by atoms with E-state index in [0.29, 0.717) is 31.6 Å². The van der Waals surface area contributed by atoms with Crippen molar-refractivity contribution in [3.63, 3.8) is 0 Å². The van der Waals surface area contributed by atoms with Gasteiger partial charge in [0.2, 0.25) is 6.10 Å². The Kier molecular flexibility index (Phi) is 5.78. The Morgan fingerprint density at radius 3 is 2.36 bits per heavy atom. The molecule has 2 aliphatic heterocycles. The van der Waals surface area contributed by atoms with Crippen LogP contribution in [0.5, 0.6) is 0 Å². The Bertz CT molecular complexity index is 706. The van der Waals surface area contributed by atoms with Gasteiger partial charge in [-0.05, 0) is 36.8 Å². The number of aliphatic hydroxyl groups excluding tert-OH is 1. The minimum absolute atomic E-state index is 0.143. The van der Waals surface area contributed by atoms with Crippen LogP contribution in [0.15, 0.2) is 24.4 Å². The summed E-state index contributed by atoms with van der Waals surface area (Å²) in [6, 6.07) is 5.14. The molecule has 7 nitrogen and oxygen atoms in total. The van der Waals surface area contributed by atoms with Crippen LogP contribution < -0.4 is 0 Å². The Morgan fingerprint density at radius 1 is 1.18 bits per heavy atom. The number of likely N-dealkylation sites (tertiary alicyclic amines) is 2. The van der Waals surface area contributed by atoms with Gasteiger partial charge in [-0.1, -0.05) is 6.07 Å². The number of pyridine rings is 1. The van der Waals surface area contributed by atoms with Gasteiger partial charge in [-0.25, -0.2) is 4.79 Å². The van der Waals surface area contributed by atoms with E-state index in [1.165, 1.54) is 4.90 Å². The van der Waals surface area contributed by atoms with E-state index in [9.17, 15) is 22.8 Å². The molecule has 0 aliphatic carbocycles. The third-order valence-electron chi connectivity index (χ3n) is 5.47. The number of nitrogens with zero attached hydrogens (tertiary/aromatic N) is 3. The van der Waals surface area contributed by atoms with Crippen molar-refractivity contribution in [1.29, 1.82) is 0 Å². The van der Waals surface area contributed by atoms with Crippen LogP contribution in [-0.2, 0) is 4.74 Å². The van der Waals surface area contributed by atoms with Crippen LogP contribution in [0.3, 0.4) is 0 Å². The van der Waals surface area contributed by atoms with Gasteiger partial charge in [0, 0.05) is 32.4 Å². The van der Waals surface area contributed by atoms with E-state index in [0.717, 1.165) is 6.42 Å². The molecule has 10 heteroatoms. The second-order valence-corrected chi connectivity index (χ2v) is 7.28. The number of amides is 2. The number of alkyl halides is 3. The molecule has 1 aromatic heterocycles. The second kappa shape index (κ2) is 7.94. The number of hydrogen-bond acceptors (Lipinski definition) is 5.